The van der Waals surface area contributed by atoms with Gasteiger partial charge < -0.3 is 4.74 Å². The Hall–Kier alpha value is -3.41. The summed E-state index contributed by atoms with van der Waals surface area (Å²) in [6.07, 6.45) is 4.80. The number of esters is 1. The molecule has 0 saturated carbocycles. The van der Waals surface area contributed by atoms with E-state index in [1.165, 1.54) is 6.08 Å². The van der Waals surface area contributed by atoms with Crippen LogP contribution in [-0.4, -0.2) is 26.8 Å². The van der Waals surface area contributed by atoms with Crippen LogP contribution in [0.3, 0.4) is 0 Å². The first-order chi connectivity index (χ1) is 12.6. The van der Waals surface area contributed by atoms with Crippen molar-refractivity contribution >= 4 is 39.4 Å². The highest BCUT2D eigenvalue weighted by atomic mass is 16.5. The number of rotatable bonds is 3. The number of benzene rings is 1. The molecule has 0 fully saturated rings. The van der Waals surface area contributed by atoms with Crippen molar-refractivity contribution in [3.05, 3.63) is 64.6 Å². The van der Waals surface area contributed by atoms with Crippen LogP contribution in [0.1, 0.15) is 12.5 Å². The Labute approximate surface area is 148 Å². The van der Waals surface area contributed by atoms with Crippen LogP contribution < -0.4 is 5.56 Å². The molecule has 0 aliphatic rings. The van der Waals surface area contributed by atoms with E-state index in [-0.39, 0.29) is 5.56 Å². The number of para-hydroxylation sites is 1. The molecular weight excluding hydrogens is 330 g/mol. The predicted octanol–water partition coefficient (Wildman–Crippen LogP) is 2.92. The van der Waals surface area contributed by atoms with Crippen molar-refractivity contribution in [3.63, 3.8) is 0 Å². The lowest BCUT2D eigenvalue weighted by Crippen LogP contribution is -2.23. The maximum Gasteiger partial charge on any atom is 0.330 e. The third kappa shape index (κ3) is 2.30. The quantitative estimate of drug-likeness (QED) is 0.422. The van der Waals surface area contributed by atoms with E-state index < -0.39 is 5.97 Å². The second-order valence-electron chi connectivity index (χ2n) is 5.90. The minimum atomic E-state index is -0.405. The zero-order valence-electron chi connectivity index (χ0n) is 14.5. The third-order valence-corrected chi connectivity index (χ3v) is 4.42. The van der Waals surface area contributed by atoms with Crippen LogP contribution in [0.5, 0.6) is 0 Å². The van der Waals surface area contributed by atoms with Gasteiger partial charge in [-0.25, -0.2) is 14.0 Å². The lowest BCUT2D eigenvalue weighted by Gasteiger charge is -2.08. The standard InChI is InChI=1S/C20H17N3O3/c1-3-26-17(24)11-10-14-13-7-4-5-9-16(13)23-19(14)18-15(8-6-12-21-18)20(25)22(23)2/h4-12H,3H2,1-2H3/b11-10+. The summed E-state index contributed by atoms with van der Waals surface area (Å²) in [6.45, 7) is 2.08. The molecule has 3 aromatic heterocycles. The highest BCUT2D eigenvalue weighted by molar-refractivity contribution is 6.08. The van der Waals surface area contributed by atoms with Crippen molar-refractivity contribution in [1.82, 2.24) is 14.2 Å². The number of fused-ring (bicyclic) bond motifs is 5. The summed E-state index contributed by atoms with van der Waals surface area (Å²) in [5.41, 5.74) is 2.97. The zero-order valence-corrected chi connectivity index (χ0v) is 14.5. The number of pyridine rings is 1. The highest BCUT2D eigenvalue weighted by Gasteiger charge is 2.17. The van der Waals surface area contributed by atoms with Gasteiger partial charge in [0.2, 0.25) is 0 Å². The van der Waals surface area contributed by atoms with Gasteiger partial charge in [0.25, 0.3) is 5.56 Å². The average molecular weight is 347 g/mol. The first-order valence-corrected chi connectivity index (χ1v) is 8.35. The molecule has 0 aliphatic heterocycles. The number of carbonyl (C=O) groups excluding carboxylic acids is 1. The normalized spacial score (nSPS) is 11.8. The summed E-state index contributed by atoms with van der Waals surface area (Å²) in [7, 11) is 1.73. The lowest BCUT2D eigenvalue weighted by molar-refractivity contribution is -0.137. The predicted molar refractivity (Wildman–Crippen MR) is 101 cm³/mol. The van der Waals surface area contributed by atoms with Crippen LogP contribution in [0, 0.1) is 0 Å². The molecule has 0 bridgehead atoms. The Bertz CT molecular complexity index is 1250. The molecule has 0 amide bonds. The van der Waals surface area contributed by atoms with E-state index in [4.69, 9.17) is 4.74 Å². The van der Waals surface area contributed by atoms with Crippen molar-refractivity contribution in [2.45, 2.75) is 6.92 Å². The summed E-state index contributed by atoms with van der Waals surface area (Å²) in [5, 5.41) is 1.47. The molecule has 4 aromatic rings. The summed E-state index contributed by atoms with van der Waals surface area (Å²) in [5.74, 6) is -0.405. The van der Waals surface area contributed by atoms with Gasteiger partial charge in [0.1, 0.15) is 5.52 Å². The maximum absolute atomic E-state index is 12.8. The Morgan fingerprint density at radius 3 is 2.77 bits per heavy atom. The molecular formula is C20H17N3O3. The molecule has 6 nitrogen and oxygen atoms in total. The topological polar surface area (TPSA) is 65.6 Å². The van der Waals surface area contributed by atoms with Gasteiger partial charge in [-0.05, 0) is 31.2 Å². The first kappa shape index (κ1) is 16.1. The van der Waals surface area contributed by atoms with Crippen LogP contribution >= 0.6 is 0 Å². The molecule has 0 saturated heterocycles. The monoisotopic (exact) mass is 347 g/mol. The number of aromatic nitrogens is 3. The van der Waals surface area contributed by atoms with E-state index in [1.54, 1.807) is 43.1 Å². The van der Waals surface area contributed by atoms with Gasteiger partial charge in [-0.3, -0.25) is 9.78 Å². The Morgan fingerprint density at radius 1 is 1.19 bits per heavy atom. The molecule has 0 radical (unpaired) electrons. The van der Waals surface area contributed by atoms with E-state index in [2.05, 4.69) is 4.98 Å². The summed E-state index contributed by atoms with van der Waals surface area (Å²) >= 11 is 0. The Kier molecular flexibility index (Phi) is 3.80. The largest absolute Gasteiger partial charge is 0.463 e. The molecule has 0 unspecified atom stereocenters. The van der Waals surface area contributed by atoms with E-state index >= 15 is 0 Å². The molecule has 0 aliphatic carbocycles. The minimum absolute atomic E-state index is 0.123. The van der Waals surface area contributed by atoms with Gasteiger partial charge in [0, 0.05) is 30.3 Å². The maximum atomic E-state index is 12.8. The number of hydrogen-bond acceptors (Lipinski definition) is 4. The summed E-state index contributed by atoms with van der Waals surface area (Å²) in [4.78, 5) is 29.0. The molecule has 1 aromatic carbocycles. The van der Waals surface area contributed by atoms with Gasteiger partial charge >= 0.3 is 5.97 Å². The van der Waals surface area contributed by atoms with Crippen LogP contribution in [-0.2, 0) is 16.6 Å². The average Bonchev–Trinajstić information content (AvgIpc) is 2.99. The number of carbonyl (C=O) groups is 1. The third-order valence-electron chi connectivity index (χ3n) is 4.42. The minimum Gasteiger partial charge on any atom is -0.463 e. The molecule has 0 N–H and O–H groups in total. The van der Waals surface area contributed by atoms with Gasteiger partial charge in [-0.1, -0.05) is 18.2 Å². The molecule has 6 heteroatoms. The van der Waals surface area contributed by atoms with Gasteiger partial charge in [-0.2, -0.15) is 0 Å². The van der Waals surface area contributed by atoms with E-state index in [9.17, 15) is 9.59 Å². The molecule has 130 valence electrons. The van der Waals surface area contributed by atoms with Crippen molar-refractivity contribution in [3.8, 4) is 0 Å². The van der Waals surface area contributed by atoms with Crippen molar-refractivity contribution in [1.29, 1.82) is 0 Å². The molecule has 26 heavy (non-hydrogen) atoms. The molecule has 4 rings (SSSR count). The number of hydrogen-bond donors (Lipinski definition) is 0. The van der Waals surface area contributed by atoms with Crippen LogP contribution in [0.2, 0.25) is 0 Å². The fourth-order valence-corrected chi connectivity index (χ4v) is 3.33. The van der Waals surface area contributed by atoms with Gasteiger partial charge in [0.15, 0.2) is 0 Å². The van der Waals surface area contributed by atoms with Crippen LogP contribution in [0.4, 0.5) is 0 Å². The van der Waals surface area contributed by atoms with E-state index in [0.717, 1.165) is 22.0 Å². The van der Waals surface area contributed by atoms with Crippen molar-refractivity contribution < 1.29 is 9.53 Å². The fourth-order valence-electron chi connectivity index (χ4n) is 3.33. The number of ether oxygens (including phenoxy) is 1. The van der Waals surface area contributed by atoms with E-state index in [1.807, 2.05) is 28.8 Å². The lowest BCUT2D eigenvalue weighted by atomic mass is 10.1. The molecule has 3 heterocycles. The first-order valence-electron chi connectivity index (χ1n) is 8.35. The van der Waals surface area contributed by atoms with Crippen LogP contribution in [0.15, 0.2) is 53.5 Å². The SMILES string of the molecule is CCOC(=O)/C=C/c1c2ccccc2n2c1c1ncccc1c(=O)n2C. The highest BCUT2D eigenvalue weighted by Crippen LogP contribution is 2.30. The number of nitrogens with zero attached hydrogens (tertiary/aromatic N) is 3. The van der Waals surface area contributed by atoms with Gasteiger partial charge in [0.05, 0.1) is 23.0 Å². The second kappa shape index (κ2) is 6.15. The van der Waals surface area contributed by atoms with Gasteiger partial charge in [-0.15, -0.1) is 0 Å². The second-order valence-corrected chi connectivity index (χ2v) is 5.90. The zero-order chi connectivity index (χ0) is 18.3. The Balaban J connectivity index is 2.18. The van der Waals surface area contributed by atoms with E-state index in [0.29, 0.717) is 17.5 Å². The summed E-state index contributed by atoms with van der Waals surface area (Å²) < 4.78 is 8.41. The molecule has 0 spiro atoms. The fraction of sp³-hybridized carbons (Fsp3) is 0.150. The van der Waals surface area contributed by atoms with Crippen LogP contribution in [0.25, 0.3) is 33.4 Å². The number of aryl methyl sites for hydroxylation is 1. The smallest absolute Gasteiger partial charge is 0.330 e. The summed E-state index contributed by atoms with van der Waals surface area (Å²) in [6, 6.07) is 11.3. The van der Waals surface area contributed by atoms with Crippen molar-refractivity contribution in [2.24, 2.45) is 7.05 Å². The Morgan fingerprint density at radius 2 is 1.96 bits per heavy atom. The van der Waals surface area contributed by atoms with Crippen molar-refractivity contribution in [2.75, 3.05) is 6.61 Å². The molecule has 0 atom stereocenters.